The van der Waals surface area contributed by atoms with Crippen molar-refractivity contribution >= 4 is 56.4 Å². The zero-order valence-corrected chi connectivity index (χ0v) is 16.3. The molecule has 1 aromatic carbocycles. The van der Waals surface area contributed by atoms with Gasteiger partial charge in [-0.15, -0.1) is 23.7 Å². The number of rotatable bonds is 4. The average Bonchev–Trinajstić information content (AvgIpc) is 2.93. The number of carbonyl (C=O) groups is 1. The molecule has 0 unspecified atom stereocenters. The van der Waals surface area contributed by atoms with Crippen molar-refractivity contribution in [1.29, 1.82) is 0 Å². The van der Waals surface area contributed by atoms with E-state index in [9.17, 15) is 4.79 Å². The molecule has 0 saturated carbocycles. The number of likely N-dealkylation sites (tertiary alicyclic amines) is 1. The number of hydrogen-bond acceptors (Lipinski definition) is 5. The van der Waals surface area contributed by atoms with E-state index in [1.54, 1.807) is 0 Å². The van der Waals surface area contributed by atoms with E-state index in [2.05, 4.69) is 31.1 Å². The number of benzene rings is 1. The van der Waals surface area contributed by atoms with Crippen LogP contribution in [-0.4, -0.2) is 28.9 Å². The maximum Gasteiger partial charge on any atom is 0.227 e. The minimum atomic E-state index is 0. The van der Waals surface area contributed by atoms with Crippen molar-refractivity contribution in [3.8, 4) is 0 Å². The fourth-order valence-corrected chi connectivity index (χ4v) is 3.91. The summed E-state index contributed by atoms with van der Waals surface area (Å²) < 4.78 is 0.967. The van der Waals surface area contributed by atoms with Crippen LogP contribution in [0.1, 0.15) is 17.7 Å². The first kappa shape index (κ1) is 19.2. The van der Waals surface area contributed by atoms with Crippen LogP contribution in [0.25, 0.3) is 0 Å². The first-order valence-corrected chi connectivity index (χ1v) is 9.20. The molecule has 1 aromatic heterocycles. The average molecular weight is 432 g/mol. The monoisotopic (exact) mass is 430 g/mol. The number of anilines is 2. The molecule has 1 aliphatic rings. The third kappa shape index (κ3) is 5.17. The van der Waals surface area contributed by atoms with Crippen LogP contribution in [0, 0.1) is 5.92 Å². The molecule has 24 heavy (non-hydrogen) atoms. The van der Waals surface area contributed by atoms with Crippen molar-refractivity contribution in [2.45, 2.75) is 19.4 Å². The van der Waals surface area contributed by atoms with Gasteiger partial charge < -0.3 is 11.1 Å². The van der Waals surface area contributed by atoms with E-state index in [0.29, 0.717) is 5.13 Å². The SMILES string of the molecule is Cl.Nc1ncc(CN2CCC(C(=O)Nc3cccc(Br)c3)CC2)s1. The Morgan fingerprint density at radius 3 is 2.79 bits per heavy atom. The van der Waals surface area contributed by atoms with Crippen molar-refractivity contribution in [2.24, 2.45) is 5.92 Å². The zero-order valence-electron chi connectivity index (χ0n) is 13.1. The second kappa shape index (κ2) is 8.80. The van der Waals surface area contributed by atoms with Gasteiger partial charge >= 0.3 is 0 Å². The number of halogens is 2. The lowest BCUT2D eigenvalue weighted by molar-refractivity contribution is -0.121. The summed E-state index contributed by atoms with van der Waals surface area (Å²) in [5, 5.41) is 3.62. The Balaban J connectivity index is 0.00000208. The summed E-state index contributed by atoms with van der Waals surface area (Å²) in [6, 6.07) is 7.69. The van der Waals surface area contributed by atoms with E-state index in [0.717, 1.165) is 42.6 Å². The Labute approximate surface area is 160 Å². The molecule has 130 valence electrons. The summed E-state index contributed by atoms with van der Waals surface area (Å²) in [5.41, 5.74) is 6.50. The van der Waals surface area contributed by atoms with Crippen LogP contribution in [0.4, 0.5) is 10.8 Å². The van der Waals surface area contributed by atoms with E-state index < -0.39 is 0 Å². The molecule has 0 spiro atoms. The standard InChI is InChI=1S/C16H19BrN4OS.ClH/c17-12-2-1-3-13(8-12)20-15(22)11-4-6-21(7-5-11)10-14-9-19-16(18)23-14;/h1-3,8-9,11H,4-7,10H2,(H2,18,19)(H,20,22);1H. The number of thiazole rings is 1. The predicted octanol–water partition coefficient (Wildman–Crippen LogP) is 3.76. The maximum absolute atomic E-state index is 12.4. The number of carbonyl (C=O) groups excluding carboxylic acids is 1. The van der Waals surface area contributed by atoms with Crippen molar-refractivity contribution in [3.63, 3.8) is 0 Å². The fourth-order valence-electron chi connectivity index (χ4n) is 2.78. The lowest BCUT2D eigenvalue weighted by atomic mass is 9.96. The van der Waals surface area contributed by atoms with Gasteiger partial charge in [0.05, 0.1) is 0 Å². The van der Waals surface area contributed by atoms with E-state index in [1.807, 2.05) is 30.5 Å². The molecule has 5 nitrogen and oxygen atoms in total. The summed E-state index contributed by atoms with van der Waals surface area (Å²) in [5.74, 6) is 0.196. The highest BCUT2D eigenvalue weighted by molar-refractivity contribution is 9.10. The van der Waals surface area contributed by atoms with Crippen molar-refractivity contribution in [2.75, 3.05) is 24.1 Å². The first-order valence-electron chi connectivity index (χ1n) is 7.59. The van der Waals surface area contributed by atoms with Crippen LogP contribution < -0.4 is 11.1 Å². The molecule has 0 bridgehead atoms. The van der Waals surface area contributed by atoms with Gasteiger partial charge in [0, 0.05) is 33.7 Å². The van der Waals surface area contributed by atoms with Gasteiger partial charge in [-0.2, -0.15) is 0 Å². The van der Waals surface area contributed by atoms with Crippen molar-refractivity contribution in [3.05, 3.63) is 39.8 Å². The lowest BCUT2D eigenvalue weighted by Gasteiger charge is -2.30. The van der Waals surface area contributed by atoms with Crippen LogP contribution in [0.3, 0.4) is 0 Å². The van der Waals surface area contributed by atoms with Crippen LogP contribution in [0.2, 0.25) is 0 Å². The molecule has 8 heteroatoms. The molecule has 3 N–H and O–H groups in total. The van der Waals surface area contributed by atoms with Gasteiger partial charge in [0.2, 0.25) is 5.91 Å². The largest absolute Gasteiger partial charge is 0.375 e. The summed E-state index contributed by atoms with van der Waals surface area (Å²) in [6.07, 6.45) is 3.61. The summed E-state index contributed by atoms with van der Waals surface area (Å²) in [4.78, 5) is 20.0. The number of hydrogen-bond donors (Lipinski definition) is 2. The Morgan fingerprint density at radius 1 is 1.42 bits per heavy atom. The predicted molar refractivity (Wildman–Crippen MR) is 105 cm³/mol. The summed E-state index contributed by atoms with van der Waals surface area (Å²) in [6.45, 7) is 2.72. The zero-order chi connectivity index (χ0) is 16.2. The van der Waals surface area contributed by atoms with E-state index in [4.69, 9.17) is 5.73 Å². The summed E-state index contributed by atoms with van der Waals surface area (Å²) >= 11 is 4.95. The molecule has 1 saturated heterocycles. The number of nitrogen functional groups attached to an aromatic ring is 1. The van der Waals surface area contributed by atoms with E-state index in [-0.39, 0.29) is 24.2 Å². The van der Waals surface area contributed by atoms with Crippen LogP contribution >= 0.6 is 39.7 Å². The minimum absolute atomic E-state index is 0. The molecule has 2 heterocycles. The number of amides is 1. The Kier molecular flexibility index (Phi) is 7.03. The quantitative estimate of drug-likeness (QED) is 0.773. The van der Waals surface area contributed by atoms with Gasteiger partial charge in [0.15, 0.2) is 5.13 Å². The van der Waals surface area contributed by atoms with Crippen LogP contribution in [0.15, 0.2) is 34.9 Å². The van der Waals surface area contributed by atoms with Gasteiger partial charge in [0.25, 0.3) is 0 Å². The number of aromatic nitrogens is 1. The number of nitrogens with two attached hydrogens (primary N) is 1. The highest BCUT2D eigenvalue weighted by Gasteiger charge is 2.25. The van der Waals surface area contributed by atoms with Gasteiger partial charge in [-0.05, 0) is 44.1 Å². The number of nitrogens with zero attached hydrogens (tertiary/aromatic N) is 2. The molecule has 0 aliphatic carbocycles. The highest BCUT2D eigenvalue weighted by Crippen LogP contribution is 2.24. The molecule has 0 atom stereocenters. The number of piperidine rings is 1. The fraction of sp³-hybridized carbons (Fsp3) is 0.375. The Bertz CT molecular complexity index is 688. The smallest absolute Gasteiger partial charge is 0.227 e. The topological polar surface area (TPSA) is 71.2 Å². The van der Waals surface area contributed by atoms with Gasteiger partial charge in [-0.3, -0.25) is 9.69 Å². The molecule has 1 amide bonds. The minimum Gasteiger partial charge on any atom is -0.375 e. The van der Waals surface area contributed by atoms with E-state index >= 15 is 0 Å². The van der Waals surface area contributed by atoms with E-state index in [1.165, 1.54) is 16.2 Å². The van der Waals surface area contributed by atoms with Gasteiger partial charge in [-0.1, -0.05) is 22.0 Å². The maximum atomic E-state index is 12.4. The Hall–Kier alpha value is -1.15. The molecular weight excluding hydrogens is 412 g/mol. The molecule has 1 aliphatic heterocycles. The molecule has 3 rings (SSSR count). The molecule has 2 aromatic rings. The molecule has 0 radical (unpaired) electrons. The van der Waals surface area contributed by atoms with Gasteiger partial charge in [-0.25, -0.2) is 4.98 Å². The first-order chi connectivity index (χ1) is 11.1. The van der Waals surface area contributed by atoms with Crippen molar-refractivity contribution in [1.82, 2.24) is 9.88 Å². The van der Waals surface area contributed by atoms with Crippen LogP contribution in [0.5, 0.6) is 0 Å². The lowest BCUT2D eigenvalue weighted by Crippen LogP contribution is -2.37. The summed E-state index contributed by atoms with van der Waals surface area (Å²) in [7, 11) is 0. The van der Waals surface area contributed by atoms with Crippen molar-refractivity contribution < 1.29 is 4.79 Å². The number of nitrogens with one attached hydrogen (secondary N) is 1. The second-order valence-electron chi connectivity index (χ2n) is 5.71. The normalized spacial score (nSPS) is 15.7. The second-order valence-corrected chi connectivity index (χ2v) is 7.78. The Morgan fingerprint density at radius 2 is 2.17 bits per heavy atom. The highest BCUT2D eigenvalue weighted by atomic mass is 79.9. The van der Waals surface area contributed by atoms with Crippen LogP contribution in [-0.2, 0) is 11.3 Å². The molecular formula is C16H20BrClN4OS. The third-order valence-corrected chi connectivity index (χ3v) is 5.31. The van der Waals surface area contributed by atoms with Gasteiger partial charge in [0.1, 0.15) is 0 Å². The molecule has 1 fully saturated rings. The third-order valence-electron chi connectivity index (χ3n) is 4.00.